The Morgan fingerprint density at radius 2 is 1.86 bits per heavy atom. The molecule has 4 rings (SSSR count). The fourth-order valence-corrected chi connectivity index (χ4v) is 5.25. The molecule has 0 fully saturated rings. The van der Waals surface area contributed by atoms with E-state index in [1.54, 1.807) is 6.07 Å². The number of aliphatic hydroxyl groups is 3. The van der Waals surface area contributed by atoms with Crippen LogP contribution in [0.2, 0.25) is 0 Å². The quantitative estimate of drug-likeness (QED) is 0.288. The number of aliphatic hydroxyl groups excluding tert-OH is 2. The standard InChI is InChI=1S/C19H16INO7/c20-9-1-2-10(22)13-8(9)4-6-3-7-5-11(23)14(18(21)27)17(26)19(7,28)16(25)12(6)15(13)24/h1-2,6-7,22-23,25,28H,3-5H2,(H2,21,27)/t6?,7?,19-/m0/s1. The summed E-state index contributed by atoms with van der Waals surface area (Å²) in [4.78, 5) is 37.4. The number of benzene rings is 1. The van der Waals surface area contributed by atoms with Crippen LogP contribution in [-0.2, 0) is 16.0 Å². The molecule has 0 bridgehead atoms. The summed E-state index contributed by atoms with van der Waals surface area (Å²) in [5.74, 6) is -6.14. The van der Waals surface area contributed by atoms with Crippen molar-refractivity contribution in [2.45, 2.75) is 24.9 Å². The summed E-state index contributed by atoms with van der Waals surface area (Å²) in [6.45, 7) is 0. The van der Waals surface area contributed by atoms with Crippen molar-refractivity contribution in [3.05, 3.63) is 49.5 Å². The van der Waals surface area contributed by atoms with Gasteiger partial charge in [-0.1, -0.05) is 0 Å². The number of halogens is 1. The second-order valence-corrected chi connectivity index (χ2v) is 8.49. The van der Waals surface area contributed by atoms with Gasteiger partial charge in [0.15, 0.2) is 11.4 Å². The molecule has 8 nitrogen and oxygen atoms in total. The van der Waals surface area contributed by atoms with E-state index in [2.05, 4.69) is 22.6 Å². The molecule has 1 amide bonds. The number of hydrogen-bond acceptors (Lipinski definition) is 7. The molecule has 0 aromatic heterocycles. The lowest BCUT2D eigenvalue weighted by Gasteiger charge is -2.45. The van der Waals surface area contributed by atoms with E-state index in [1.165, 1.54) is 6.07 Å². The van der Waals surface area contributed by atoms with Crippen LogP contribution < -0.4 is 5.73 Å². The molecular weight excluding hydrogens is 481 g/mol. The van der Waals surface area contributed by atoms with Crippen molar-refractivity contribution in [2.75, 3.05) is 0 Å². The lowest BCUT2D eigenvalue weighted by atomic mass is 9.60. The third-order valence-electron chi connectivity index (χ3n) is 5.89. The van der Waals surface area contributed by atoms with Crippen molar-refractivity contribution < 1.29 is 34.8 Å². The van der Waals surface area contributed by atoms with E-state index in [4.69, 9.17) is 5.73 Å². The summed E-state index contributed by atoms with van der Waals surface area (Å²) in [5, 5.41) is 42.1. The Bertz CT molecular complexity index is 1040. The molecule has 3 atom stereocenters. The summed E-state index contributed by atoms with van der Waals surface area (Å²) in [6.07, 6.45) is 0.224. The minimum atomic E-state index is -2.52. The number of nitrogens with two attached hydrogens (primary N) is 1. The van der Waals surface area contributed by atoms with Gasteiger partial charge in [0.05, 0.1) is 5.56 Å². The zero-order valence-corrected chi connectivity index (χ0v) is 16.6. The Labute approximate surface area is 172 Å². The van der Waals surface area contributed by atoms with Crippen molar-refractivity contribution in [3.63, 3.8) is 0 Å². The number of rotatable bonds is 1. The number of allylic oxidation sites excluding steroid dienone is 2. The Morgan fingerprint density at radius 3 is 2.50 bits per heavy atom. The molecule has 1 aromatic rings. The molecule has 146 valence electrons. The van der Waals surface area contributed by atoms with Crippen molar-refractivity contribution in [1.29, 1.82) is 0 Å². The highest BCUT2D eigenvalue weighted by molar-refractivity contribution is 14.1. The minimum absolute atomic E-state index is 0.0310. The van der Waals surface area contributed by atoms with E-state index < -0.39 is 52.0 Å². The van der Waals surface area contributed by atoms with Crippen molar-refractivity contribution >= 4 is 40.1 Å². The fraction of sp³-hybridized carbons (Fsp3) is 0.316. The Hall–Kier alpha value is -2.40. The maximum Gasteiger partial charge on any atom is 0.255 e. The van der Waals surface area contributed by atoms with Gasteiger partial charge in [-0.05, 0) is 59.0 Å². The van der Waals surface area contributed by atoms with Crippen molar-refractivity contribution in [1.82, 2.24) is 0 Å². The highest BCUT2D eigenvalue weighted by Crippen LogP contribution is 2.51. The molecule has 3 aliphatic carbocycles. The van der Waals surface area contributed by atoms with Crippen molar-refractivity contribution in [3.8, 4) is 5.75 Å². The van der Waals surface area contributed by atoms with Gasteiger partial charge in [-0.2, -0.15) is 0 Å². The van der Waals surface area contributed by atoms with Gasteiger partial charge in [-0.15, -0.1) is 0 Å². The van der Waals surface area contributed by atoms with Crippen LogP contribution in [0.1, 0.15) is 28.8 Å². The Morgan fingerprint density at radius 1 is 1.18 bits per heavy atom. The van der Waals surface area contributed by atoms with Gasteiger partial charge in [-0.25, -0.2) is 0 Å². The van der Waals surface area contributed by atoms with Crippen LogP contribution in [0, 0.1) is 15.4 Å². The molecule has 1 aromatic carbocycles. The van der Waals surface area contributed by atoms with Crippen molar-refractivity contribution in [2.24, 2.45) is 17.6 Å². The van der Waals surface area contributed by atoms with E-state index in [0.29, 0.717) is 12.0 Å². The lowest BCUT2D eigenvalue weighted by Crippen LogP contribution is -2.57. The first-order chi connectivity index (χ1) is 13.1. The summed E-state index contributed by atoms with van der Waals surface area (Å²) in [5.41, 5.74) is 2.37. The molecule has 0 saturated heterocycles. The Balaban J connectivity index is 1.93. The van der Waals surface area contributed by atoms with E-state index in [9.17, 15) is 34.8 Å². The van der Waals surface area contributed by atoms with E-state index in [0.717, 1.165) is 3.57 Å². The van der Waals surface area contributed by atoms with Gasteiger partial charge in [0.1, 0.15) is 22.8 Å². The highest BCUT2D eigenvalue weighted by Gasteiger charge is 2.59. The fourth-order valence-electron chi connectivity index (χ4n) is 4.58. The minimum Gasteiger partial charge on any atom is -0.511 e. The van der Waals surface area contributed by atoms with E-state index >= 15 is 0 Å². The smallest absolute Gasteiger partial charge is 0.255 e. The second-order valence-electron chi connectivity index (χ2n) is 7.33. The number of ketones is 2. The van der Waals surface area contributed by atoms with E-state index in [-0.39, 0.29) is 29.7 Å². The van der Waals surface area contributed by atoms with Gasteiger partial charge in [-0.3, -0.25) is 14.4 Å². The summed E-state index contributed by atoms with van der Waals surface area (Å²) >= 11 is 2.05. The largest absolute Gasteiger partial charge is 0.511 e. The zero-order valence-electron chi connectivity index (χ0n) is 14.4. The van der Waals surface area contributed by atoms with Gasteiger partial charge in [0.2, 0.25) is 5.78 Å². The van der Waals surface area contributed by atoms with Crippen LogP contribution >= 0.6 is 22.6 Å². The maximum absolute atomic E-state index is 13.1. The molecule has 2 unspecified atom stereocenters. The number of phenolic OH excluding ortho intramolecular Hbond substituents is 1. The average molecular weight is 497 g/mol. The van der Waals surface area contributed by atoms with Crippen LogP contribution in [0.4, 0.5) is 0 Å². The molecule has 0 aliphatic heterocycles. The van der Waals surface area contributed by atoms with E-state index in [1.807, 2.05) is 0 Å². The third kappa shape index (κ3) is 2.29. The van der Waals surface area contributed by atoms with Gasteiger partial charge >= 0.3 is 0 Å². The number of carbonyl (C=O) groups excluding carboxylic acids is 3. The SMILES string of the molecule is NC(=O)C1=C(O)CC2CC3Cc4c(I)ccc(O)c4C(=O)C3=C(O)[C@]2(O)C1=O. The number of Topliss-reactive ketones (excluding diaryl/α,β-unsaturated/α-hetero) is 2. The van der Waals surface area contributed by atoms with Crippen LogP contribution in [-0.4, -0.2) is 43.5 Å². The first-order valence-electron chi connectivity index (χ1n) is 8.56. The highest BCUT2D eigenvalue weighted by atomic mass is 127. The number of fused-ring (bicyclic) bond motifs is 3. The first-order valence-corrected chi connectivity index (χ1v) is 9.64. The van der Waals surface area contributed by atoms with Crippen LogP contribution in [0.25, 0.3) is 0 Å². The molecular formula is C19H16INO7. The number of carbonyl (C=O) groups is 3. The number of amides is 1. The van der Waals surface area contributed by atoms with Gasteiger partial charge < -0.3 is 26.2 Å². The molecule has 28 heavy (non-hydrogen) atoms. The summed E-state index contributed by atoms with van der Waals surface area (Å²) in [7, 11) is 0. The molecule has 0 heterocycles. The van der Waals surface area contributed by atoms with Crippen LogP contribution in [0.3, 0.4) is 0 Å². The molecule has 0 saturated carbocycles. The average Bonchev–Trinajstić information content (AvgIpc) is 2.61. The van der Waals surface area contributed by atoms with Gasteiger partial charge in [0.25, 0.3) is 5.91 Å². The number of hydrogen-bond donors (Lipinski definition) is 5. The Kier molecular flexibility index (Phi) is 4.09. The lowest BCUT2D eigenvalue weighted by molar-refractivity contribution is -0.144. The normalized spacial score (nSPS) is 29.4. The molecule has 6 N–H and O–H groups in total. The topological polar surface area (TPSA) is 158 Å². The van der Waals surface area contributed by atoms with Crippen LogP contribution in [0.15, 0.2) is 34.8 Å². The molecule has 3 aliphatic rings. The predicted molar refractivity (Wildman–Crippen MR) is 104 cm³/mol. The zero-order chi connectivity index (χ0) is 20.5. The number of aromatic hydroxyl groups is 1. The number of primary amides is 1. The molecule has 0 spiro atoms. The predicted octanol–water partition coefficient (Wildman–Crippen LogP) is 1.19. The first kappa shape index (κ1) is 18.9. The third-order valence-corrected chi connectivity index (χ3v) is 6.90. The maximum atomic E-state index is 13.1. The summed E-state index contributed by atoms with van der Waals surface area (Å²) < 4.78 is 0.775. The number of phenols is 1. The second kappa shape index (κ2) is 6.05. The summed E-state index contributed by atoms with van der Waals surface area (Å²) in [6, 6.07) is 3.04. The molecule has 0 radical (unpaired) electrons. The monoisotopic (exact) mass is 497 g/mol. The van der Waals surface area contributed by atoms with Gasteiger partial charge in [0, 0.05) is 21.5 Å². The molecule has 9 heteroatoms. The van der Waals surface area contributed by atoms with Crippen LogP contribution in [0.5, 0.6) is 5.75 Å².